The Labute approximate surface area is 250 Å². The van der Waals surface area contributed by atoms with Crippen LogP contribution in [-0.2, 0) is 28.8 Å². The first-order valence-electron chi connectivity index (χ1n) is 14.1. The fourth-order valence-electron chi connectivity index (χ4n) is 4.43. The maximum absolute atomic E-state index is 14.3. The molecule has 230 valence electrons. The van der Waals surface area contributed by atoms with Gasteiger partial charge in [0.25, 0.3) is 5.91 Å². The molecule has 0 saturated carbocycles. The molecule has 3 aromatic carbocycles. The zero-order valence-corrected chi connectivity index (χ0v) is 24.6. The smallest absolute Gasteiger partial charge is 0.407 e. The number of rotatable bonds is 13. The van der Waals surface area contributed by atoms with Gasteiger partial charge in [-0.2, -0.15) is 0 Å². The minimum atomic E-state index is -1.36. The molecule has 3 rings (SSSR count). The number of aliphatic hydroxyl groups is 1. The lowest BCUT2D eigenvalue weighted by Gasteiger charge is -2.24. The highest BCUT2D eigenvalue weighted by Crippen LogP contribution is 2.14. The summed E-state index contributed by atoms with van der Waals surface area (Å²) in [5, 5.41) is 15.8. The largest absolute Gasteiger partial charge is 0.444 e. The third-order valence-corrected chi connectivity index (χ3v) is 6.62. The molecule has 0 radical (unpaired) electrons. The second kappa shape index (κ2) is 15.4. The standard InChI is InChI=1S/C33H39F2N3O5/c1-33(2,3)43-32(42)38-26(19-24-18-25(34)13-14-27(24)35)20-37-31(41)23-11-7-10-22(16-23)17-29(39)30(40)28(36)15-12-21-8-5-4-6-9-21/h4-11,13-14,16,18,26,28,30,40H,12,15,17,19-20,36H2,1-3H3,(H,37,41)(H,38,42). The predicted octanol–water partition coefficient (Wildman–Crippen LogP) is 4.26. The number of hydrogen-bond donors (Lipinski definition) is 4. The molecule has 0 aliphatic carbocycles. The number of alkyl carbamates (subject to hydrolysis) is 1. The Morgan fingerprint density at radius 3 is 2.35 bits per heavy atom. The van der Waals surface area contributed by atoms with Crippen molar-refractivity contribution >= 4 is 17.8 Å². The van der Waals surface area contributed by atoms with Crippen molar-refractivity contribution in [2.75, 3.05) is 6.54 Å². The van der Waals surface area contributed by atoms with Gasteiger partial charge in [0.05, 0.1) is 6.04 Å². The molecule has 0 spiro atoms. The molecule has 0 aliphatic heterocycles. The van der Waals surface area contributed by atoms with Gasteiger partial charge in [0, 0.05) is 24.6 Å². The Bertz CT molecular complexity index is 1390. The van der Waals surface area contributed by atoms with E-state index in [1.165, 1.54) is 6.07 Å². The number of aryl methyl sites for hydroxylation is 1. The van der Waals surface area contributed by atoms with Crippen LogP contribution in [0.15, 0.2) is 72.8 Å². The number of amides is 2. The van der Waals surface area contributed by atoms with Crippen LogP contribution < -0.4 is 16.4 Å². The van der Waals surface area contributed by atoms with E-state index in [0.717, 1.165) is 23.8 Å². The van der Waals surface area contributed by atoms with Gasteiger partial charge >= 0.3 is 6.09 Å². The third kappa shape index (κ3) is 11.2. The van der Waals surface area contributed by atoms with Crippen LogP contribution in [0, 0.1) is 11.6 Å². The number of carbonyl (C=O) groups excluding carboxylic acids is 3. The highest BCUT2D eigenvalue weighted by atomic mass is 19.1. The van der Waals surface area contributed by atoms with Crippen molar-refractivity contribution in [2.24, 2.45) is 5.73 Å². The molecule has 8 nitrogen and oxygen atoms in total. The molecule has 0 saturated heterocycles. The first-order chi connectivity index (χ1) is 20.3. The van der Waals surface area contributed by atoms with Gasteiger partial charge in [-0.05, 0) is 87.1 Å². The molecule has 2 amide bonds. The third-order valence-electron chi connectivity index (χ3n) is 6.62. The number of nitrogens with one attached hydrogen (secondary N) is 2. The van der Waals surface area contributed by atoms with Crippen molar-refractivity contribution in [1.29, 1.82) is 0 Å². The molecular weight excluding hydrogens is 556 g/mol. The molecule has 43 heavy (non-hydrogen) atoms. The van der Waals surface area contributed by atoms with Gasteiger partial charge in [0.15, 0.2) is 5.78 Å². The zero-order valence-electron chi connectivity index (χ0n) is 24.6. The van der Waals surface area contributed by atoms with E-state index < -0.39 is 53.2 Å². The van der Waals surface area contributed by atoms with Crippen LogP contribution in [0.4, 0.5) is 13.6 Å². The topological polar surface area (TPSA) is 131 Å². The van der Waals surface area contributed by atoms with Crippen molar-refractivity contribution < 1.29 is 33.0 Å². The van der Waals surface area contributed by atoms with Crippen molar-refractivity contribution in [3.05, 3.63) is 107 Å². The Morgan fingerprint density at radius 2 is 1.65 bits per heavy atom. The van der Waals surface area contributed by atoms with Gasteiger partial charge in [-0.3, -0.25) is 9.59 Å². The van der Waals surface area contributed by atoms with Crippen LogP contribution in [0.5, 0.6) is 0 Å². The number of benzene rings is 3. The van der Waals surface area contributed by atoms with E-state index in [-0.39, 0.29) is 30.5 Å². The maximum atomic E-state index is 14.3. The van der Waals surface area contributed by atoms with Crippen LogP contribution >= 0.6 is 0 Å². The van der Waals surface area contributed by atoms with Crippen LogP contribution in [0.1, 0.15) is 54.2 Å². The predicted molar refractivity (Wildman–Crippen MR) is 159 cm³/mol. The molecule has 3 aromatic rings. The summed E-state index contributed by atoms with van der Waals surface area (Å²) in [5.74, 6) is -2.25. The Kier molecular flexibility index (Phi) is 11.9. The van der Waals surface area contributed by atoms with Gasteiger partial charge < -0.3 is 26.2 Å². The number of nitrogens with two attached hydrogens (primary N) is 1. The van der Waals surface area contributed by atoms with E-state index in [1.807, 2.05) is 30.3 Å². The number of ketones is 1. The second-order valence-electron chi connectivity index (χ2n) is 11.5. The average molecular weight is 596 g/mol. The van der Waals surface area contributed by atoms with E-state index in [4.69, 9.17) is 10.5 Å². The molecule has 0 bridgehead atoms. The van der Waals surface area contributed by atoms with Gasteiger partial charge in [-0.25, -0.2) is 13.6 Å². The SMILES string of the molecule is CC(C)(C)OC(=O)NC(CNC(=O)c1cccc(CC(=O)C(O)C(N)CCc2ccccc2)c1)Cc1cc(F)ccc1F. The second-order valence-corrected chi connectivity index (χ2v) is 11.5. The van der Waals surface area contributed by atoms with Crippen molar-refractivity contribution in [1.82, 2.24) is 10.6 Å². The van der Waals surface area contributed by atoms with Crippen LogP contribution in [-0.4, -0.2) is 53.2 Å². The summed E-state index contributed by atoms with van der Waals surface area (Å²) in [4.78, 5) is 38.2. The maximum Gasteiger partial charge on any atom is 0.407 e. The summed E-state index contributed by atoms with van der Waals surface area (Å²) in [5.41, 5.74) is 7.13. The van der Waals surface area contributed by atoms with Gasteiger partial charge in [0.1, 0.15) is 23.3 Å². The fraction of sp³-hybridized carbons (Fsp3) is 0.364. The molecule has 3 unspecified atom stereocenters. The summed E-state index contributed by atoms with van der Waals surface area (Å²) in [6, 6.07) is 17.4. The van der Waals surface area contributed by atoms with Crippen molar-refractivity contribution in [3.63, 3.8) is 0 Å². The fourth-order valence-corrected chi connectivity index (χ4v) is 4.43. The molecular formula is C33H39F2N3O5. The van der Waals surface area contributed by atoms with E-state index in [0.29, 0.717) is 18.4 Å². The molecule has 0 aliphatic rings. The van der Waals surface area contributed by atoms with Crippen molar-refractivity contribution in [3.8, 4) is 0 Å². The lowest BCUT2D eigenvalue weighted by Crippen LogP contribution is -2.46. The highest BCUT2D eigenvalue weighted by Gasteiger charge is 2.24. The lowest BCUT2D eigenvalue weighted by molar-refractivity contribution is -0.127. The summed E-state index contributed by atoms with van der Waals surface area (Å²) in [6.45, 7) is 4.94. The van der Waals surface area contributed by atoms with Gasteiger partial charge in [0.2, 0.25) is 0 Å². The average Bonchev–Trinajstić information content (AvgIpc) is 2.95. The van der Waals surface area contributed by atoms with Gasteiger partial charge in [-0.15, -0.1) is 0 Å². The number of hydrogen-bond acceptors (Lipinski definition) is 6. The first kappa shape index (κ1) is 33.4. The van der Waals surface area contributed by atoms with Crippen LogP contribution in [0.3, 0.4) is 0 Å². The lowest BCUT2D eigenvalue weighted by atomic mass is 9.96. The molecule has 0 fully saturated rings. The van der Waals surface area contributed by atoms with Crippen LogP contribution in [0.2, 0.25) is 0 Å². The number of Topliss-reactive ketones (excluding diaryl/α,β-unsaturated/α-hetero) is 1. The van der Waals surface area contributed by atoms with Crippen molar-refractivity contribution in [2.45, 2.75) is 70.2 Å². The Hall–Kier alpha value is -4.15. The quantitative estimate of drug-likeness (QED) is 0.234. The van der Waals surface area contributed by atoms with Crippen LogP contribution in [0.25, 0.3) is 0 Å². The van der Waals surface area contributed by atoms with E-state index >= 15 is 0 Å². The number of carbonyl (C=O) groups is 3. The summed E-state index contributed by atoms with van der Waals surface area (Å²) >= 11 is 0. The molecule has 0 heterocycles. The normalized spacial score (nSPS) is 13.5. The molecule has 10 heteroatoms. The summed E-state index contributed by atoms with van der Waals surface area (Å²) in [7, 11) is 0. The molecule has 5 N–H and O–H groups in total. The number of ether oxygens (including phenoxy) is 1. The minimum Gasteiger partial charge on any atom is -0.444 e. The summed E-state index contributed by atoms with van der Waals surface area (Å²) < 4.78 is 33.4. The minimum absolute atomic E-state index is 0.0244. The zero-order chi connectivity index (χ0) is 31.6. The van der Waals surface area contributed by atoms with E-state index in [9.17, 15) is 28.3 Å². The molecule has 0 aromatic heterocycles. The highest BCUT2D eigenvalue weighted by molar-refractivity contribution is 5.95. The summed E-state index contributed by atoms with van der Waals surface area (Å²) in [6.07, 6.45) is -1.31. The number of aliphatic hydroxyl groups excluding tert-OH is 1. The Balaban J connectivity index is 1.61. The molecule has 3 atom stereocenters. The van der Waals surface area contributed by atoms with Gasteiger partial charge in [-0.1, -0.05) is 42.5 Å². The van der Waals surface area contributed by atoms with E-state index in [1.54, 1.807) is 39.0 Å². The monoisotopic (exact) mass is 595 g/mol. The first-order valence-corrected chi connectivity index (χ1v) is 14.1. The number of halogens is 2. The van der Waals surface area contributed by atoms with E-state index in [2.05, 4.69) is 10.6 Å². The Morgan fingerprint density at radius 1 is 0.953 bits per heavy atom.